The van der Waals surface area contributed by atoms with Gasteiger partial charge in [-0.3, -0.25) is 0 Å². The second-order valence-electron chi connectivity index (χ2n) is 4.87. The fourth-order valence-electron chi connectivity index (χ4n) is 2.75. The number of rotatable bonds is 1. The van der Waals surface area contributed by atoms with Gasteiger partial charge in [-0.2, -0.15) is 0 Å². The Hall–Kier alpha value is -1.28. The highest BCUT2D eigenvalue weighted by atomic mass is 15.1. The van der Waals surface area contributed by atoms with E-state index < -0.39 is 0 Å². The molecule has 0 saturated carbocycles. The molecule has 0 bridgehead atoms. The number of hydrogen-bond donors (Lipinski definition) is 1. The summed E-state index contributed by atoms with van der Waals surface area (Å²) in [4.78, 5) is 5.81. The summed E-state index contributed by atoms with van der Waals surface area (Å²) in [5, 5.41) is 1.41. The summed E-state index contributed by atoms with van der Waals surface area (Å²) in [6.07, 6.45) is 4.79. The van der Waals surface area contributed by atoms with Crippen LogP contribution in [-0.4, -0.2) is 30.0 Å². The second-order valence-corrected chi connectivity index (χ2v) is 4.87. The molecule has 1 aromatic carbocycles. The fourth-order valence-corrected chi connectivity index (χ4v) is 2.75. The first-order valence-electron chi connectivity index (χ1n) is 7.09. The largest absolute Gasteiger partial charge is 0.361 e. The average molecular weight is 244 g/mol. The van der Waals surface area contributed by atoms with Crippen molar-refractivity contribution in [1.29, 1.82) is 0 Å². The molecule has 2 heteroatoms. The lowest BCUT2D eigenvalue weighted by Crippen LogP contribution is -2.29. The minimum atomic E-state index is 0.743. The number of aromatic amines is 1. The maximum Gasteiger partial charge on any atom is 0.0456 e. The van der Waals surface area contributed by atoms with Crippen LogP contribution in [0.25, 0.3) is 10.9 Å². The van der Waals surface area contributed by atoms with Crippen LogP contribution in [-0.2, 0) is 0 Å². The van der Waals surface area contributed by atoms with Crippen molar-refractivity contribution in [3.63, 3.8) is 0 Å². The van der Waals surface area contributed by atoms with E-state index in [0.717, 1.165) is 5.92 Å². The zero-order chi connectivity index (χ0) is 13.0. The van der Waals surface area contributed by atoms with Crippen molar-refractivity contribution >= 4 is 10.9 Å². The average Bonchev–Trinajstić information content (AvgIpc) is 2.86. The Kier molecular flexibility index (Phi) is 4.43. The van der Waals surface area contributed by atoms with Gasteiger partial charge < -0.3 is 9.88 Å². The number of likely N-dealkylation sites (tertiary alicyclic amines) is 1. The van der Waals surface area contributed by atoms with Crippen LogP contribution in [0.2, 0.25) is 0 Å². The van der Waals surface area contributed by atoms with Gasteiger partial charge in [0.2, 0.25) is 0 Å². The molecule has 18 heavy (non-hydrogen) atoms. The van der Waals surface area contributed by atoms with Gasteiger partial charge in [-0.05, 0) is 50.5 Å². The Morgan fingerprint density at radius 1 is 1.11 bits per heavy atom. The van der Waals surface area contributed by atoms with Gasteiger partial charge in [-0.15, -0.1) is 0 Å². The van der Waals surface area contributed by atoms with Gasteiger partial charge >= 0.3 is 0 Å². The van der Waals surface area contributed by atoms with Gasteiger partial charge in [0.1, 0.15) is 0 Å². The highest BCUT2D eigenvalue weighted by molar-refractivity contribution is 5.83. The molecule has 2 nitrogen and oxygen atoms in total. The maximum absolute atomic E-state index is 3.38. The number of benzene rings is 1. The molecule has 1 saturated heterocycles. The Morgan fingerprint density at radius 2 is 1.78 bits per heavy atom. The summed E-state index contributed by atoms with van der Waals surface area (Å²) in [6, 6.07) is 8.62. The third-order valence-corrected chi connectivity index (χ3v) is 3.78. The van der Waals surface area contributed by atoms with Crippen molar-refractivity contribution < 1.29 is 0 Å². The molecule has 0 unspecified atom stereocenters. The minimum Gasteiger partial charge on any atom is -0.361 e. The van der Waals surface area contributed by atoms with E-state index in [-0.39, 0.29) is 0 Å². The minimum absolute atomic E-state index is 0.743. The molecule has 3 rings (SSSR count). The van der Waals surface area contributed by atoms with Crippen molar-refractivity contribution in [2.45, 2.75) is 32.6 Å². The summed E-state index contributed by atoms with van der Waals surface area (Å²) in [6.45, 7) is 6.45. The zero-order valence-corrected chi connectivity index (χ0v) is 11.7. The van der Waals surface area contributed by atoms with Crippen molar-refractivity contribution in [2.24, 2.45) is 0 Å². The third kappa shape index (κ3) is 2.59. The summed E-state index contributed by atoms with van der Waals surface area (Å²) >= 11 is 0. The predicted molar refractivity (Wildman–Crippen MR) is 79.1 cm³/mol. The topological polar surface area (TPSA) is 19.0 Å². The monoisotopic (exact) mass is 244 g/mol. The summed E-state index contributed by atoms with van der Waals surface area (Å²) in [5.74, 6) is 0.743. The van der Waals surface area contributed by atoms with Crippen molar-refractivity contribution in [3.05, 3.63) is 36.0 Å². The lowest BCUT2D eigenvalue weighted by atomic mass is 9.89. The second kappa shape index (κ2) is 6.05. The van der Waals surface area contributed by atoms with E-state index in [9.17, 15) is 0 Å². The lowest BCUT2D eigenvalue weighted by molar-refractivity contribution is 0.256. The third-order valence-electron chi connectivity index (χ3n) is 3.78. The molecule has 1 aliphatic heterocycles. The van der Waals surface area contributed by atoms with Gasteiger partial charge in [0.05, 0.1) is 0 Å². The van der Waals surface area contributed by atoms with Crippen LogP contribution in [0.5, 0.6) is 0 Å². The van der Waals surface area contributed by atoms with E-state index >= 15 is 0 Å². The van der Waals surface area contributed by atoms with E-state index in [1.165, 1.54) is 42.4 Å². The molecule has 1 aliphatic rings. The molecular weight excluding hydrogens is 220 g/mol. The Bertz CT molecular complexity index is 479. The summed E-state index contributed by atoms with van der Waals surface area (Å²) in [7, 11) is 2.21. The highest BCUT2D eigenvalue weighted by Gasteiger charge is 2.20. The molecule has 0 aliphatic carbocycles. The van der Waals surface area contributed by atoms with E-state index in [1.54, 1.807) is 0 Å². The number of nitrogens with zero attached hydrogens (tertiary/aromatic N) is 1. The molecule has 1 aromatic heterocycles. The number of H-pyrrole nitrogens is 1. The van der Waals surface area contributed by atoms with E-state index in [1.807, 2.05) is 13.8 Å². The van der Waals surface area contributed by atoms with Gasteiger partial charge in [0.25, 0.3) is 0 Å². The van der Waals surface area contributed by atoms with Crippen LogP contribution in [0, 0.1) is 0 Å². The first-order valence-corrected chi connectivity index (χ1v) is 7.09. The summed E-state index contributed by atoms with van der Waals surface area (Å²) < 4.78 is 0. The molecule has 1 fully saturated rings. The SMILES string of the molecule is CC.CN1CCC(c2c[nH]c3ccccc23)CC1. The standard InChI is InChI=1S/C14H18N2.C2H6/c1-16-8-6-11(7-9-16)13-10-15-14-5-3-2-4-12(13)14;1-2/h2-5,10-11,15H,6-9H2,1H3;1-2H3. The van der Waals surface area contributed by atoms with E-state index in [4.69, 9.17) is 0 Å². The van der Waals surface area contributed by atoms with Crippen molar-refractivity contribution in [2.75, 3.05) is 20.1 Å². The van der Waals surface area contributed by atoms with Crippen LogP contribution >= 0.6 is 0 Å². The van der Waals surface area contributed by atoms with Gasteiger partial charge in [0.15, 0.2) is 0 Å². The van der Waals surface area contributed by atoms with Crippen LogP contribution < -0.4 is 0 Å². The molecule has 2 heterocycles. The smallest absolute Gasteiger partial charge is 0.0456 e. The number of nitrogens with one attached hydrogen (secondary N) is 1. The number of piperidine rings is 1. The van der Waals surface area contributed by atoms with Gasteiger partial charge in [-0.1, -0.05) is 32.0 Å². The number of aromatic nitrogens is 1. The van der Waals surface area contributed by atoms with E-state index in [0.29, 0.717) is 0 Å². The molecule has 98 valence electrons. The van der Waals surface area contributed by atoms with Crippen LogP contribution in [0.15, 0.2) is 30.5 Å². The maximum atomic E-state index is 3.38. The van der Waals surface area contributed by atoms with E-state index in [2.05, 4.69) is 47.4 Å². The van der Waals surface area contributed by atoms with Crippen molar-refractivity contribution in [1.82, 2.24) is 9.88 Å². The van der Waals surface area contributed by atoms with Crippen LogP contribution in [0.1, 0.15) is 38.2 Å². The zero-order valence-electron chi connectivity index (χ0n) is 11.7. The molecule has 0 radical (unpaired) electrons. The first-order chi connectivity index (χ1) is 8.84. The van der Waals surface area contributed by atoms with Crippen LogP contribution in [0.4, 0.5) is 0 Å². The molecule has 1 N–H and O–H groups in total. The normalized spacial score (nSPS) is 17.5. The first kappa shape index (κ1) is 13.2. The quantitative estimate of drug-likeness (QED) is 0.803. The Labute approximate surface area is 110 Å². The van der Waals surface area contributed by atoms with Gasteiger partial charge in [0, 0.05) is 17.1 Å². The van der Waals surface area contributed by atoms with Crippen molar-refractivity contribution in [3.8, 4) is 0 Å². The number of hydrogen-bond acceptors (Lipinski definition) is 1. The Balaban J connectivity index is 0.000000574. The lowest BCUT2D eigenvalue weighted by Gasteiger charge is -2.28. The fraction of sp³-hybridized carbons (Fsp3) is 0.500. The number of fused-ring (bicyclic) bond motifs is 1. The van der Waals surface area contributed by atoms with Gasteiger partial charge in [-0.25, -0.2) is 0 Å². The predicted octanol–water partition coefficient (Wildman–Crippen LogP) is 4.00. The molecule has 0 amide bonds. The molecule has 2 aromatic rings. The number of para-hydroxylation sites is 1. The van der Waals surface area contributed by atoms with Crippen LogP contribution in [0.3, 0.4) is 0 Å². The Morgan fingerprint density at radius 3 is 2.50 bits per heavy atom. The highest BCUT2D eigenvalue weighted by Crippen LogP contribution is 2.32. The summed E-state index contributed by atoms with van der Waals surface area (Å²) in [5.41, 5.74) is 2.79. The molecule has 0 spiro atoms. The molecule has 0 atom stereocenters. The molecular formula is C16H24N2.